The minimum Gasteiger partial charge on any atom is -0.364 e. The largest absolute Gasteiger partial charge is 0.364 e. The summed E-state index contributed by atoms with van der Waals surface area (Å²) in [6.07, 6.45) is 1.60. The Morgan fingerprint density at radius 2 is 2.04 bits per heavy atom. The second-order valence-electron chi connectivity index (χ2n) is 4.38. The fraction of sp³-hybridized carbons (Fsp3) is 0.154. The summed E-state index contributed by atoms with van der Waals surface area (Å²) in [6, 6.07) is 7.41. The molecule has 0 aliphatic carbocycles. The number of amides is 1. The topological polar surface area (TPSA) is 132 Å². The van der Waals surface area contributed by atoms with E-state index in [9.17, 15) is 14.4 Å². The second kappa shape index (κ2) is 8.03. The highest BCUT2D eigenvalue weighted by Crippen LogP contribution is 2.08. The van der Waals surface area contributed by atoms with E-state index in [0.717, 1.165) is 10.0 Å². The smallest absolute Gasteiger partial charge is 0.342 e. The predicted molar refractivity (Wildman–Crippen MR) is 88.5 cm³/mol. The van der Waals surface area contributed by atoms with E-state index in [1.807, 2.05) is 29.2 Å². The molecule has 0 aliphatic rings. The number of rotatable bonds is 6. The molecule has 10 heteroatoms. The third-order valence-electron chi connectivity index (χ3n) is 2.63. The molecule has 0 spiro atoms. The number of halogens is 1. The molecule has 0 fully saturated rings. The summed E-state index contributed by atoms with van der Waals surface area (Å²) in [5, 5.41) is 12.1. The number of hydrazone groups is 1. The number of hydrogen-bond acceptors (Lipinski definition) is 6. The van der Waals surface area contributed by atoms with Crippen LogP contribution >= 0.6 is 15.9 Å². The van der Waals surface area contributed by atoms with E-state index >= 15 is 0 Å². The highest BCUT2D eigenvalue weighted by molar-refractivity contribution is 9.10. The van der Waals surface area contributed by atoms with Gasteiger partial charge in [-0.25, -0.2) is 15.3 Å². The Hall–Kier alpha value is -2.75. The van der Waals surface area contributed by atoms with Crippen molar-refractivity contribution < 1.29 is 4.79 Å². The third kappa shape index (κ3) is 5.51. The molecule has 1 heterocycles. The van der Waals surface area contributed by atoms with Gasteiger partial charge >= 0.3 is 5.69 Å². The zero-order valence-corrected chi connectivity index (χ0v) is 13.4. The number of nitrogens with zero attached hydrogens (tertiary/aromatic N) is 2. The highest BCUT2D eigenvalue weighted by atomic mass is 79.9. The summed E-state index contributed by atoms with van der Waals surface area (Å²) >= 11 is 3.32. The molecular formula is C13H13BrN6O3. The third-order valence-corrected chi connectivity index (χ3v) is 3.16. The molecule has 1 aromatic carbocycles. The van der Waals surface area contributed by atoms with Gasteiger partial charge in [0.05, 0.1) is 6.21 Å². The van der Waals surface area contributed by atoms with Gasteiger partial charge in [-0.15, -0.1) is 5.10 Å². The number of aromatic nitrogens is 3. The number of hydrogen-bond donors (Lipinski definition) is 4. The molecule has 0 bridgehead atoms. The van der Waals surface area contributed by atoms with Gasteiger partial charge in [0.25, 0.3) is 5.56 Å². The number of aromatic amines is 2. The summed E-state index contributed by atoms with van der Waals surface area (Å²) < 4.78 is 0.954. The molecule has 0 atom stereocenters. The predicted octanol–water partition coefficient (Wildman–Crippen LogP) is 0.173. The molecule has 1 aromatic heterocycles. The van der Waals surface area contributed by atoms with Crippen LogP contribution < -0.4 is 22.0 Å². The number of carbonyl (C=O) groups is 1. The van der Waals surface area contributed by atoms with E-state index in [1.54, 1.807) is 0 Å². The fourth-order valence-electron chi connectivity index (χ4n) is 1.55. The van der Waals surface area contributed by atoms with Crippen LogP contribution in [0.2, 0.25) is 0 Å². The summed E-state index contributed by atoms with van der Waals surface area (Å²) in [4.78, 5) is 35.7. The van der Waals surface area contributed by atoms with Crippen molar-refractivity contribution in [2.45, 2.75) is 6.42 Å². The highest BCUT2D eigenvalue weighted by Gasteiger charge is 2.03. The standard InChI is InChI=1S/C13H13BrN6O3/c14-9-3-1-8(2-4-9)7-16-18-10(21)5-6-15-11-12(22)17-13(23)20-19-11/h1-4,7H,5-6H2,(H,15,19)(H,18,21)(H2,17,20,22,23)/b16-7+. The summed E-state index contributed by atoms with van der Waals surface area (Å²) in [6.45, 7) is 0.168. The van der Waals surface area contributed by atoms with Gasteiger partial charge in [0, 0.05) is 17.4 Å². The number of H-pyrrole nitrogens is 2. The lowest BCUT2D eigenvalue weighted by Gasteiger charge is -2.02. The van der Waals surface area contributed by atoms with Crippen LogP contribution in [0, 0.1) is 0 Å². The molecule has 23 heavy (non-hydrogen) atoms. The molecule has 2 rings (SSSR count). The maximum Gasteiger partial charge on any atom is 0.342 e. The molecule has 0 saturated heterocycles. The molecule has 2 aromatic rings. The molecule has 0 unspecified atom stereocenters. The van der Waals surface area contributed by atoms with Crippen LogP contribution in [0.3, 0.4) is 0 Å². The molecule has 1 amide bonds. The van der Waals surface area contributed by atoms with E-state index in [2.05, 4.69) is 42.0 Å². The Morgan fingerprint density at radius 1 is 1.30 bits per heavy atom. The van der Waals surface area contributed by atoms with Crippen molar-refractivity contribution in [1.29, 1.82) is 0 Å². The van der Waals surface area contributed by atoms with E-state index < -0.39 is 11.2 Å². The zero-order valence-electron chi connectivity index (χ0n) is 11.8. The van der Waals surface area contributed by atoms with Gasteiger partial charge in [-0.2, -0.15) is 5.10 Å². The van der Waals surface area contributed by atoms with Crippen molar-refractivity contribution in [1.82, 2.24) is 20.6 Å². The Kier molecular flexibility index (Phi) is 5.80. The average molecular weight is 381 g/mol. The van der Waals surface area contributed by atoms with E-state index in [-0.39, 0.29) is 24.7 Å². The van der Waals surface area contributed by atoms with Gasteiger partial charge in [0.2, 0.25) is 11.7 Å². The van der Waals surface area contributed by atoms with Crippen molar-refractivity contribution in [3.63, 3.8) is 0 Å². The summed E-state index contributed by atoms with van der Waals surface area (Å²) in [5.74, 6) is -0.387. The normalized spacial score (nSPS) is 10.7. The number of carbonyl (C=O) groups excluding carboxylic acids is 1. The lowest BCUT2D eigenvalue weighted by molar-refractivity contribution is -0.120. The van der Waals surface area contributed by atoms with Crippen molar-refractivity contribution >= 4 is 33.9 Å². The molecule has 4 N–H and O–H groups in total. The minimum atomic E-state index is -0.694. The molecule has 120 valence electrons. The van der Waals surface area contributed by atoms with Crippen molar-refractivity contribution in [3.05, 3.63) is 55.1 Å². The summed E-state index contributed by atoms with van der Waals surface area (Å²) in [7, 11) is 0. The molecular weight excluding hydrogens is 368 g/mol. The zero-order chi connectivity index (χ0) is 16.7. The van der Waals surface area contributed by atoms with E-state index in [0.29, 0.717) is 0 Å². The Labute approximate surface area is 138 Å². The minimum absolute atomic E-state index is 0.0595. The first kappa shape index (κ1) is 16.6. The van der Waals surface area contributed by atoms with E-state index in [1.165, 1.54) is 6.21 Å². The van der Waals surface area contributed by atoms with Gasteiger partial charge < -0.3 is 5.32 Å². The Bertz CT molecular complexity index is 811. The lowest BCUT2D eigenvalue weighted by atomic mass is 10.2. The van der Waals surface area contributed by atoms with Gasteiger partial charge in [0.1, 0.15) is 0 Å². The average Bonchev–Trinajstić information content (AvgIpc) is 2.51. The van der Waals surface area contributed by atoms with Crippen LogP contribution in [0.4, 0.5) is 5.82 Å². The van der Waals surface area contributed by atoms with Gasteiger partial charge in [0.15, 0.2) is 0 Å². The van der Waals surface area contributed by atoms with Crippen LogP contribution in [0.1, 0.15) is 12.0 Å². The maximum absolute atomic E-state index is 11.6. The van der Waals surface area contributed by atoms with E-state index in [4.69, 9.17) is 0 Å². The van der Waals surface area contributed by atoms with Gasteiger partial charge in [-0.05, 0) is 17.7 Å². The number of anilines is 1. The molecule has 0 radical (unpaired) electrons. The number of benzene rings is 1. The van der Waals surface area contributed by atoms with Crippen molar-refractivity contribution in [2.75, 3.05) is 11.9 Å². The second-order valence-corrected chi connectivity index (χ2v) is 5.29. The van der Waals surface area contributed by atoms with Crippen LogP contribution in [-0.4, -0.2) is 33.8 Å². The van der Waals surface area contributed by atoms with Crippen LogP contribution in [0.15, 0.2) is 43.4 Å². The van der Waals surface area contributed by atoms with Crippen LogP contribution in [0.25, 0.3) is 0 Å². The Balaban J connectivity index is 1.75. The first-order chi connectivity index (χ1) is 11.0. The first-order valence-corrected chi connectivity index (χ1v) is 7.34. The SMILES string of the molecule is O=C(CCNc1n[nH]c(=O)[nH]c1=O)N/N=C/c1ccc(Br)cc1. The maximum atomic E-state index is 11.6. The lowest BCUT2D eigenvalue weighted by Crippen LogP contribution is -2.28. The van der Waals surface area contributed by atoms with Crippen molar-refractivity contribution in [2.24, 2.45) is 5.10 Å². The number of nitrogens with one attached hydrogen (secondary N) is 4. The van der Waals surface area contributed by atoms with Gasteiger partial charge in [-0.1, -0.05) is 28.1 Å². The van der Waals surface area contributed by atoms with Gasteiger partial charge in [-0.3, -0.25) is 14.6 Å². The van der Waals surface area contributed by atoms with Crippen LogP contribution in [0.5, 0.6) is 0 Å². The van der Waals surface area contributed by atoms with Crippen LogP contribution in [-0.2, 0) is 4.79 Å². The quantitative estimate of drug-likeness (QED) is 0.419. The molecule has 0 aliphatic heterocycles. The monoisotopic (exact) mass is 380 g/mol. The fourth-order valence-corrected chi connectivity index (χ4v) is 1.81. The molecule has 0 saturated carbocycles. The summed E-state index contributed by atoms with van der Waals surface area (Å²) in [5.41, 5.74) is 1.87. The van der Waals surface area contributed by atoms with Crippen molar-refractivity contribution in [3.8, 4) is 0 Å². The molecule has 9 nitrogen and oxygen atoms in total. The first-order valence-electron chi connectivity index (χ1n) is 6.55. The Morgan fingerprint density at radius 3 is 2.74 bits per heavy atom.